The first-order chi connectivity index (χ1) is 10.0. The van der Waals surface area contributed by atoms with Crippen molar-refractivity contribution in [1.29, 1.82) is 0 Å². The van der Waals surface area contributed by atoms with Crippen LogP contribution in [-0.2, 0) is 0 Å². The van der Waals surface area contributed by atoms with Gasteiger partial charge >= 0.3 is 0 Å². The Hall–Kier alpha value is -1.52. The molecule has 0 fully saturated rings. The first-order valence-electron chi connectivity index (χ1n) is 6.81. The number of halogens is 1. The smallest absolute Gasteiger partial charge is 0.126 e. The summed E-state index contributed by atoms with van der Waals surface area (Å²) in [6.45, 7) is 4.08. The molecule has 0 aliphatic carbocycles. The van der Waals surface area contributed by atoms with E-state index in [1.54, 1.807) is 24.9 Å². The summed E-state index contributed by atoms with van der Waals surface area (Å²) in [5.74, 6) is 1.29. The average Bonchev–Trinajstić information content (AvgIpc) is 2.47. The Morgan fingerprint density at radius 3 is 2.67 bits per heavy atom. The molecular weight excluding hydrogens is 285 g/mol. The van der Waals surface area contributed by atoms with Crippen LogP contribution in [0, 0.1) is 19.7 Å². The Morgan fingerprint density at radius 1 is 1.24 bits per heavy atom. The standard InChI is InChI=1S/C17H20FNOS/c1-11-7-8-15(17(20-3)12(11)2)16(19)10-21-14-6-4-5-13(18)9-14/h4-9,16H,10,19H2,1-3H3. The highest BCUT2D eigenvalue weighted by Gasteiger charge is 2.15. The molecule has 21 heavy (non-hydrogen) atoms. The minimum atomic E-state index is -0.225. The van der Waals surface area contributed by atoms with Crippen LogP contribution in [0.5, 0.6) is 5.75 Å². The lowest BCUT2D eigenvalue weighted by molar-refractivity contribution is 0.403. The SMILES string of the molecule is COc1c(C(N)CSc2cccc(F)c2)ccc(C)c1C. The van der Waals surface area contributed by atoms with Crippen LogP contribution in [0.25, 0.3) is 0 Å². The van der Waals surface area contributed by atoms with E-state index in [2.05, 4.69) is 13.0 Å². The molecule has 2 N–H and O–H groups in total. The summed E-state index contributed by atoms with van der Waals surface area (Å²) in [5, 5.41) is 0. The maximum atomic E-state index is 13.2. The minimum absolute atomic E-state index is 0.160. The van der Waals surface area contributed by atoms with Gasteiger partial charge in [0.2, 0.25) is 0 Å². The third-order valence-electron chi connectivity index (χ3n) is 3.54. The maximum absolute atomic E-state index is 13.2. The fraction of sp³-hybridized carbons (Fsp3) is 0.294. The van der Waals surface area contributed by atoms with Crippen LogP contribution in [0.15, 0.2) is 41.3 Å². The molecule has 0 radical (unpaired) electrons. The van der Waals surface area contributed by atoms with E-state index in [1.165, 1.54) is 17.7 Å². The van der Waals surface area contributed by atoms with E-state index in [0.717, 1.165) is 21.8 Å². The average molecular weight is 305 g/mol. The van der Waals surface area contributed by atoms with Gasteiger partial charge in [-0.15, -0.1) is 11.8 Å². The van der Waals surface area contributed by atoms with Gasteiger partial charge in [-0.1, -0.05) is 18.2 Å². The third kappa shape index (κ3) is 3.77. The number of rotatable bonds is 5. The molecule has 0 saturated carbocycles. The predicted molar refractivity (Wildman–Crippen MR) is 86.5 cm³/mol. The molecule has 0 aliphatic rings. The second-order valence-electron chi connectivity index (χ2n) is 5.00. The van der Waals surface area contributed by atoms with E-state index in [-0.39, 0.29) is 11.9 Å². The van der Waals surface area contributed by atoms with Gasteiger partial charge in [-0.05, 0) is 43.2 Å². The maximum Gasteiger partial charge on any atom is 0.126 e. The van der Waals surface area contributed by atoms with Crippen molar-refractivity contribution >= 4 is 11.8 Å². The van der Waals surface area contributed by atoms with Gasteiger partial charge in [0.05, 0.1) is 7.11 Å². The summed E-state index contributed by atoms with van der Waals surface area (Å²) in [6.07, 6.45) is 0. The zero-order chi connectivity index (χ0) is 15.4. The van der Waals surface area contributed by atoms with Gasteiger partial charge in [0.25, 0.3) is 0 Å². The molecule has 1 atom stereocenters. The number of thioether (sulfide) groups is 1. The molecule has 0 bridgehead atoms. The molecule has 0 heterocycles. The van der Waals surface area contributed by atoms with Crippen LogP contribution >= 0.6 is 11.8 Å². The van der Waals surface area contributed by atoms with E-state index in [1.807, 2.05) is 19.1 Å². The lowest BCUT2D eigenvalue weighted by Gasteiger charge is -2.18. The van der Waals surface area contributed by atoms with Crippen LogP contribution in [-0.4, -0.2) is 12.9 Å². The van der Waals surface area contributed by atoms with Crippen LogP contribution in [0.4, 0.5) is 4.39 Å². The van der Waals surface area contributed by atoms with Crippen LogP contribution < -0.4 is 10.5 Å². The van der Waals surface area contributed by atoms with Crippen molar-refractivity contribution in [3.63, 3.8) is 0 Å². The fourth-order valence-electron chi connectivity index (χ4n) is 2.21. The van der Waals surface area contributed by atoms with Crippen molar-refractivity contribution in [2.24, 2.45) is 5.73 Å². The highest BCUT2D eigenvalue weighted by atomic mass is 32.2. The second-order valence-corrected chi connectivity index (χ2v) is 6.10. The van der Waals surface area contributed by atoms with Gasteiger partial charge in [0, 0.05) is 22.3 Å². The Bertz CT molecular complexity index is 630. The van der Waals surface area contributed by atoms with Gasteiger partial charge in [-0.25, -0.2) is 4.39 Å². The predicted octanol–water partition coefficient (Wildman–Crippen LogP) is 4.24. The number of benzene rings is 2. The van der Waals surface area contributed by atoms with E-state index in [0.29, 0.717) is 5.75 Å². The van der Waals surface area contributed by atoms with E-state index < -0.39 is 0 Å². The van der Waals surface area contributed by atoms with Crippen LogP contribution in [0.3, 0.4) is 0 Å². The van der Waals surface area contributed by atoms with E-state index >= 15 is 0 Å². The first kappa shape index (κ1) is 15.9. The first-order valence-corrected chi connectivity index (χ1v) is 7.79. The zero-order valence-electron chi connectivity index (χ0n) is 12.5. The van der Waals surface area contributed by atoms with Crippen LogP contribution in [0.2, 0.25) is 0 Å². The number of hydrogen-bond acceptors (Lipinski definition) is 3. The number of hydrogen-bond donors (Lipinski definition) is 1. The number of methoxy groups -OCH3 is 1. The van der Waals surface area contributed by atoms with Crippen LogP contribution in [0.1, 0.15) is 22.7 Å². The second kappa shape index (κ2) is 6.96. The molecule has 0 saturated heterocycles. The molecule has 0 aliphatic heterocycles. The van der Waals surface area contributed by atoms with Gasteiger partial charge in [-0.2, -0.15) is 0 Å². The molecule has 2 aromatic carbocycles. The largest absolute Gasteiger partial charge is 0.496 e. The molecule has 2 aromatic rings. The van der Waals surface area contributed by atoms with E-state index in [4.69, 9.17) is 10.5 Å². The quantitative estimate of drug-likeness (QED) is 0.839. The highest BCUT2D eigenvalue weighted by Crippen LogP contribution is 2.32. The summed E-state index contributed by atoms with van der Waals surface area (Å²) in [5.41, 5.74) is 9.57. The molecular formula is C17H20FNOS. The summed E-state index contributed by atoms with van der Waals surface area (Å²) < 4.78 is 18.7. The molecule has 2 nitrogen and oxygen atoms in total. The van der Waals surface area contributed by atoms with Crippen molar-refractivity contribution in [2.75, 3.05) is 12.9 Å². The van der Waals surface area contributed by atoms with Crippen molar-refractivity contribution in [1.82, 2.24) is 0 Å². The van der Waals surface area contributed by atoms with Gasteiger partial charge in [0.1, 0.15) is 11.6 Å². The molecule has 0 aromatic heterocycles. The summed E-state index contributed by atoms with van der Waals surface area (Å²) in [4.78, 5) is 0.883. The Kier molecular flexibility index (Phi) is 5.26. The molecule has 112 valence electrons. The Morgan fingerprint density at radius 2 is 2.00 bits per heavy atom. The van der Waals surface area contributed by atoms with Crippen molar-refractivity contribution in [2.45, 2.75) is 24.8 Å². The van der Waals surface area contributed by atoms with Gasteiger partial charge in [0.15, 0.2) is 0 Å². The molecule has 4 heteroatoms. The summed E-state index contributed by atoms with van der Waals surface area (Å²) in [7, 11) is 1.66. The molecule has 1 unspecified atom stereocenters. The topological polar surface area (TPSA) is 35.2 Å². The molecule has 0 spiro atoms. The molecule has 0 amide bonds. The minimum Gasteiger partial charge on any atom is -0.496 e. The number of aryl methyl sites for hydroxylation is 1. The summed E-state index contributed by atoms with van der Waals surface area (Å²) >= 11 is 1.55. The summed E-state index contributed by atoms with van der Waals surface area (Å²) in [6, 6.07) is 10.5. The fourth-order valence-corrected chi connectivity index (χ4v) is 3.13. The van der Waals surface area contributed by atoms with Gasteiger partial charge in [-0.3, -0.25) is 0 Å². The zero-order valence-corrected chi connectivity index (χ0v) is 13.3. The third-order valence-corrected chi connectivity index (χ3v) is 4.65. The van der Waals surface area contributed by atoms with Crippen molar-refractivity contribution in [3.05, 3.63) is 58.9 Å². The lowest BCUT2D eigenvalue weighted by atomic mass is 10.0. The van der Waals surface area contributed by atoms with Crippen molar-refractivity contribution in [3.8, 4) is 5.75 Å². The lowest BCUT2D eigenvalue weighted by Crippen LogP contribution is -2.15. The monoisotopic (exact) mass is 305 g/mol. The number of ether oxygens (including phenoxy) is 1. The molecule has 2 rings (SSSR count). The highest BCUT2D eigenvalue weighted by molar-refractivity contribution is 7.99. The Balaban J connectivity index is 2.13. The van der Waals surface area contributed by atoms with Gasteiger partial charge < -0.3 is 10.5 Å². The van der Waals surface area contributed by atoms with Crippen molar-refractivity contribution < 1.29 is 9.13 Å². The normalized spacial score (nSPS) is 12.2. The number of nitrogens with two attached hydrogens (primary N) is 1. The van der Waals surface area contributed by atoms with E-state index in [9.17, 15) is 4.39 Å². The Labute approximate surface area is 129 Å².